The first-order valence-corrected chi connectivity index (χ1v) is 9.58. The Hall–Kier alpha value is -1.12. The van der Waals surface area contributed by atoms with Gasteiger partial charge in [-0.3, -0.25) is 4.79 Å². The summed E-state index contributed by atoms with van der Waals surface area (Å²) in [6.07, 6.45) is 0. The molecule has 0 spiro atoms. The SMILES string of the molecule is Cc1cc(N2C(=O)C(C)CS2(=O)=O)ccc1S(=O)(=O)Cl. The first kappa shape index (κ1) is 15.3. The Morgan fingerprint density at radius 1 is 1.35 bits per heavy atom. The lowest BCUT2D eigenvalue weighted by Gasteiger charge is -2.16. The van der Waals surface area contributed by atoms with Gasteiger partial charge in [0.25, 0.3) is 9.05 Å². The number of rotatable bonds is 2. The van der Waals surface area contributed by atoms with E-state index in [2.05, 4.69) is 0 Å². The number of amides is 1. The van der Waals surface area contributed by atoms with E-state index in [1.54, 1.807) is 0 Å². The lowest BCUT2D eigenvalue weighted by molar-refractivity contribution is -0.119. The molecular weight excluding hydrogens is 326 g/mol. The molecule has 0 aliphatic carbocycles. The highest BCUT2D eigenvalue weighted by Gasteiger charge is 2.42. The van der Waals surface area contributed by atoms with Crippen LogP contribution >= 0.6 is 10.7 Å². The van der Waals surface area contributed by atoms with Gasteiger partial charge in [-0.05, 0) is 30.7 Å². The van der Waals surface area contributed by atoms with Gasteiger partial charge in [0.1, 0.15) is 0 Å². The minimum Gasteiger partial charge on any atom is -0.273 e. The highest BCUT2D eigenvalue weighted by molar-refractivity contribution is 8.13. The molecule has 20 heavy (non-hydrogen) atoms. The molecule has 1 amide bonds. The quantitative estimate of drug-likeness (QED) is 0.757. The summed E-state index contributed by atoms with van der Waals surface area (Å²) in [4.78, 5) is 11.8. The molecule has 9 heteroatoms. The maximum absolute atomic E-state index is 11.9. The average Bonchev–Trinajstić information content (AvgIpc) is 2.45. The van der Waals surface area contributed by atoms with Gasteiger partial charge < -0.3 is 0 Å². The Morgan fingerprint density at radius 2 is 1.95 bits per heavy atom. The number of hydrogen-bond donors (Lipinski definition) is 0. The molecule has 0 bridgehead atoms. The monoisotopic (exact) mass is 337 g/mol. The second kappa shape index (κ2) is 4.71. The molecule has 1 atom stereocenters. The number of sulfonamides is 1. The van der Waals surface area contributed by atoms with Crippen LogP contribution in [0.4, 0.5) is 5.69 Å². The summed E-state index contributed by atoms with van der Waals surface area (Å²) in [5, 5.41) is 0. The van der Waals surface area contributed by atoms with Gasteiger partial charge in [0.2, 0.25) is 15.9 Å². The Balaban J connectivity index is 2.56. The van der Waals surface area contributed by atoms with E-state index in [1.165, 1.54) is 32.0 Å². The van der Waals surface area contributed by atoms with Gasteiger partial charge in [0.15, 0.2) is 0 Å². The van der Waals surface area contributed by atoms with Gasteiger partial charge in [-0.25, -0.2) is 21.1 Å². The number of anilines is 1. The molecule has 0 saturated carbocycles. The Kier molecular flexibility index (Phi) is 3.60. The number of halogens is 1. The van der Waals surface area contributed by atoms with E-state index in [-0.39, 0.29) is 21.9 Å². The van der Waals surface area contributed by atoms with Crippen LogP contribution in [-0.2, 0) is 23.9 Å². The third-order valence-electron chi connectivity index (χ3n) is 3.02. The van der Waals surface area contributed by atoms with Gasteiger partial charge in [0.05, 0.1) is 22.3 Å². The van der Waals surface area contributed by atoms with E-state index in [4.69, 9.17) is 10.7 Å². The molecule has 0 N–H and O–H groups in total. The Bertz CT molecular complexity index is 785. The molecule has 2 rings (SSSR count). The fourth-order valence-corrected chi connectivity index (χ4v) is 5.13. The van der Waals surface area contributed by atoms with Gasteiger partial charge in [-0.2, -0.15) is 0 Å². The maximum atomic E-state index is 11.9. The summed E-state index contributed by atoms with van der Waals surface area (Å²) in [6, 6.07) is 3.78. The largest absolute Gasteiger partial charge is 0.273 e. The maximum Gasteiger partial charge on any atom is 0.261 e. The molecule has 0 radical (unpaired) electrons. The van der Waals surface area contributed by atoms with Crippen LogP contribution in [0.3, 0.4) is 0 Å². The van der Waals surface area contributed by atoms with Gasteiger partial charge in [-0.1, -0.05) is 6.92 Å². The second-order valence-electron chi connectivity index (χ2n) is 4.67. The summed E-state index contributed by atoms with van der Waals surface area (Å²) in [7, 11) is -2.35. The van der Waals surface area contributed by atoms with Crippen LogP contribution in [0.2, 0.25) is 0 Å². The van der Waals surface area contributed by atoms with Crippen molar-refractivity contribution in [3.8, 4) is 0 Å². The first-order chi connectivity index (χ1) is 9.04. The molecule has 110 valence electrons. The lowest BCUT2D eigenvalue weighted by atomic mass is 10.2. The molecule has 0 aromatic heterocycles. The van der Waals surface area contributed by atoms with Crippen molar-refractivity contribution >= 4 is 41.4 Å². The van der Waals surface area contributed by atoms with Gasteiger partial charge >= 0.3 is 0 Å². The van der Waals surface area contributed by atoms with Crippen LogP contribution in [0, 0.1) is 12.8 Å². The topological polar surface area (TPSA) is 88.6 Å². The van der Waals surface area contributed by atoms with Gasteiger partial charge in [-0.15, -0.1) is 0 Å². The molecule has 1 aliphatic heterocycles. The predicted octanol–water partition coefficient (Wildman–Crippen LogP) is 1.24. The summed E-state index contributed by atoms with van der Waals surface area (Å²) in [6.45, 7) is 3.01. The third kappa shape index (κ3) is 2.55. The summed E-state index contributed by atoms with van der Waals surface area (Å²) in [5.41, 5.74) is 0.404. The van der Waals surface area contributed by atoms with Crippen molar-refractivity contribution in [1.82, 2.24) is 0 Å². The molecule has 1 saturated heterocycles. The fourth-order valence-electron chi connectivity index (χ4n) is 2.12. The van der Waals surface area contributed by atoms with E-state index in [1.807, 2.05) is 0 Å². The molecule has 1 fully saturated rings. The third-order valence-corrected chi connectivity index (χ3v) is 6.37. The minimum absolute atomic E-state index is 0.111. The molecular formula is C11H12ClNO5S2. The normalized spacial score (nSPS) is 22.2. The Morgan fingerprint density at radius 3 is 2.35 bits per heavy atom. The average molecular weight is 338 g/mol. The molecule has 6 nitrogen and oxygen atoms in total. The number of nitrogens with zero attached hydrogens (tertiary/aromatic N) is 1. The predicted molar refractivity (Wildman–Crippen MR) is 74.7 cm³/mol. The minimum atomic E-state index is -3.91. The fraction of sp³-hybridized carbons (Fsp3) is 0.364. The Labute approximate surface area is 121 Å². The van der Waals surface area contributed by atoms with E-state index in [0.29, 0.717) is 0 Å². The molecule has 1 unspecified atom stereocenters. The first-order valence-electron chi connectivity index (χ1n) is 5.66. The zero-order valence-electron chi connectivity index (χ0n) is 10.7. The van der Waals surface area contributed by atoms with Crippen molar-refractivity contribution in [3.63, 3.8) is 0 Å². The van der Waals surface area contributed by atoms with Crippen LogP contribution in [-0.4, -0.2) is 28.5 Å². The van der Waals surface area contributed by atoms with E-state index >= 15 is 0 Å². The van der Waals surface area contributed by atoms with Crippen molar-refractivity contribution in [1.29, 1.82) is 0 Å². The summed E-state index contributed by atoms with van der Waals surface area (Å²) >= 11 is 0. The zero-order chi connectivity index (χ0) is 15.3. The molecule has 1 aromatic carbocycles. The smallest absolute Gasteiger partial charge is 0.261 e. The van der Waals surface area contributed by atoms with Crippen LogP contribution < -0.4 is 4.31 Å². The van der Waals surface area contributed by atoms with Crippen molar-refractivity contribution in [2.75, 3.05) is 10.1 Å². The van der Waals surface area contributed by atoms with E-state index in [0.717, 1.165) is 4.31 Å². The van der Waals surface area contributed by atoms with Crippen LogP contribution in [0.1, 0.15) is 12.5 Å². The number of benzene rings is 1. The second-order valence-corrected chi connectivity index (χ2v) is 9.07. The highest BCUT2D eigenvalue weighted by Crippen LogP contribution is 2.31. The van der Waals surface area contributed by atoms with E-state index in [9.17, 15) is 21.6 Å². The zero-order valence-corrected chi connectivity index (χ0v) is 13.1. The summed E-state index contributed by atoms with van der Waals surface area (Å²) < 4.78 is 47.2. The van der Waals surface area contributed by atoms with E-state index < -0.39 is 30.9 Å². The molecule has 1 aromatic rings. The lowest BCUT2D eigenvalue weighted by Crippen LogP contribution is -2.30. The van der Waals surface area contributed by atoms with Crippen molar-refractivity contribution in [2.24, 2.45) is 5.92 Å². The number of hydrogen-bond acceptors (Lipinski definition) is 5. The number of aryl methyl sites for hydroxylation is 1. The molecule has 1 aliphatic rings. The van der Waals surface area contributed by atoms with Gasteiger partial charge in [0, 0.05) is 10.7 Å². The number of carbonyl (C=O) groups excluding carboxylic acids is 1. The van der Waals surface area contributed by atoms with Crippen LogP contribution in [0.25, 0.3) is 0 Å². The number of carbonyl (C=O) groups is 1. The standard InChI is InChI=1S/C11H12ClNO5S2/c1-7-5-9(3-4-10(7)20(12,17)18)13-11(14)8(2)6-19(13,15)16/h3-5,8H,6H2,1-2H3. The van der Waals surface area contributed by atoms with Crippen molar-refractivity contribution < 1.29 is 21.6 Å². The van der Waals surface area contributed by atoms with Crippen molar-refractivity contribution in [2.45, 2.75) is 18.7 Å². The van der Waals surface area contributed by atoms with Crippen LogP contribution in [0.5, 0.6) is 0 Å². The molecule has 1 heterocycles. The van der Waals surface area contributed by atoms with Crippen molar-refractivity contribution in [3.05, 3.63) is 23.8 Å². The highest BCUT2D eigenvalue weighted by atomic mass is 35.7. The van der Waals surface area contributed by atoms with Crippen LogP contribution in [0.15, 0.2) is 23.1 Å². The summed E-state index contributed by atoms with van der Waals surface area (Å²) in [5.74, 6) is -1.39.